The van der Waals surface area contributed by atoms with Gasteiger partial charge in [0.15, 0.2) is 11.5 Å². The average molecular weight is 280 g/mol. The predicted molar refractivity (Wildman–Crippen MR) is 82.0 cm³/mol. The average Bonchev–Trinajstić information content (AvgIpc) is 3.15. The second kappa shape index (κ2) is 4.44. The summed E-state index contributed by atoms with van der Waals surface area (Å²) in [6, 6.07) is 6.37. The number of aromatic nitrogens is 4. The molecule has 4 rings (SSSR count). The minimum absolute atomic E-state index is 0.526. The fourth-order valence-corrected chi connectivity index (χ4v) is 2.44. The van der Waals surface area contributed by atoms with E-state index in [1.165, 1.54) is 12.8 Å². The van der Waals surface area contributed by atoms with Crippen molar-refractivity contribution in [3.8, 4) is 11.3 Å². The van der Waals surface area contributed by atoms with Gasteiger partial charge in [0.2, 0.25) is 0 Å². The number of nitrogen functional groups attached to an aromatic ring is 1. The smallest absolute Gasteiger partial charge is 0.198 e. The molecule has 0 saturated heterocycles. The molecular weight excluding hydrogens is 264 g/mol. The van der Waals surface area contributed by atoms with Crippen molar-refractivity contribution < 1.29 is 0 Å². The molecule has 0 atom stereocenters. The molecule has 1 saturated carbocycles. The SMILES string of the molecule is Cc1ccc(N)cc1-c1cnc(NC2CC2)c2ncnn12. The highest BCUT2D eigenvalue weighted by Gasteiger charge is 2.23. The number of hydrogen-bond donors (Lipinski definition) is 2. The Balaban J connectivity index is 1.89. The van der Waals surface area contributed by atoms with E-state index in [-0.39, 0.29) is 0 Å². The Hall–Kier alpha value is -2.63. The lowest BCUT2D eigenvalue weighted by molar-refractivity contribution is 0.949. The zero-order chi connectivity index (χ0) is 14.4. The summed E-state index contributed by atoms with van der Waals surface area (Å²) in [5.41, 5.74) is 10.4. The summed E-state index contributed by atoms with van der Waals surface area (Å²) in [6.07, 6.45) is 5.77. The molecule has 1 aromatic carbocycles. The maximum absolute atomic E-state index is 5.91. The number of nitrogens with one attached hydrogen (secondary N) is 1. The van der Waals surface area contributed by atoms with Gasteiger partial charge >= 0.3 is 0 Å². The first kappa shape index (κ1) is 12.1. The lowest BCUT2D eigenvalue weighted by Crippen LogP contribution is -2.07. The first-order chi connectivity index (χ1) is 10.2. The first-order valence-electron chi connectivity index (χ1n) is 7.04. The van der Waals surface area contributed by atoms with Crippen molar-refractivity contribution in [2.24, 2.45) is 0 Å². The molecule has 2 aromatic heterocycles. The van der Waals surface area contributed by atoms with Crippen LogP contribution in [0.5, 0.6) is 0 Å². The Bertz CT molecular complexity index is 818. The van der Waals surface area contributed by atoms with Crippen LogP contribution in [-0.2, 0) is 0 Å². The van der Waals surface area contributed by atoms with E-state index in [9.17, 15) is 0 Å². The Morgan fingerprint density at radius 3 is 2.95 bits per heavy atom. The highest BCUT2D eigenvalue weighted by molar-refractivity contribution is 5.73. The van der Waals surface area contributed by atoms with Crippen LogP contribution in [0.1, 0.15) is 18.4 Å². The highest BCUT2D eigenvalue weighted by Crippen LogP contribution is 2.29. The van der Waals surface area contributed by atoms with Crippen LogP contribution in [0.25, 0.3) is 16.9 Å². The molecule has 0 spiro atoms. The zero-order valence-corrected chi connectivity index (χ0v) is 11.7. The van der Waals surface area contributed by atoms with Gasteiger partial charge in [-0.05, 0) is 37.5 Å². The van der Waals surface area contributed by atoms with Gasteiger partial charge in [-0.2, -0.15) is 5.10 Å². The van der Waals surface area contributed by atoms with E-state index in [4.69, 9.17) is 5.73 Å². The Morgan fingerprint density at radius 2 is 2.14 bits per heavy atom. The molecule has 21 heavy (non-hydrogen) atoms. The molecule has 1 aliphatic rings. The fraction of sp³-hybridized carbons (Fsp3) is 0.267. The van der Waals surface area contributed by atoms with Crippen molar-refractivity contribution in [1.29, 1.82) is 0 Å². The standard InChI is InChI=1S/C15H16N6/c1-9-2-3-10(16)6-12(9)13-7-17-14(20-11-4-5-11)15-18-8-19-21(13)15/h2-3,6-8,11H,4-5,16H2,1H3,(H,17,20). The van der Waals surface area contributed by atoms with Crippen molar-refractivity contribution in [3.05, 3.63) is 36.3 Å². The number of fused-ring (bicyclic) bond motifs is 1. The topological polar surface area (TPSA) is 81.1 Å². The van der Waals surface area contributed by atoms with Gasteiger partial charge in [-0.1, -0.05) is 6.07 Å². The number of nitrogens with two attached hydrogens (primary N) is 1. The summed E-state index contributed by atoms with van der Waals surface area (Å²) in [7, 11) is 0. The molecule has 6 heteroatoms. The number of anilines is 2. The predicted octanol–water partition coefficient (Wildman–Crippen LogP) is 2.26. The van der Waals surface area contributed by atoms with Crippen molar-refractivity contribution in [2.45, 2.75) is 25.8 Å². The van der Waals surface area contributed by atoms with E-state index >= 15 is 0 Å². The third-order valence-corrected chi connectivity index (χ3v) is 3.76. The summed E-state index contributed by atoms with van der Waals surface area (Å²) in [4.78, 5) is 8.86. The molecule has 0 bridgehead atoms. The third kappa shape index (κ3) is 2.08. The lowest BCUT2D eigenvalue weighted by Gasteiger charge is -2.11. The first-order valence-corrected chi connectivity index (χ1v) is 7.04. The molecule has 3 N–H and O–H groups in total. The van der Waals surface area contributed by atoms with Crippen LogP contribution >= 0.6 is 0 Å². The van der Waals surface area contributed by atoms with Crippen molar-refractivity contribution in [1.82, 2.24) is 19.6 Å². The number of benzene rings is 1. The molecule has 3 aromatic rings. The van der Waals surface area contributed by atoms with Gasteiger partial charge in [0, 0.05) is 17.3 Å². The van der Waals surface area contributed by atoms with E-state index < -0.39 is 0 Å². The molecule has 106 valence electrons. The number of aryl methyl sites for hydroxylation is 1. The lowest BCUT2D eigenvalue weighted by atomic mass is 10.1. The second-order valence-electron chi connectivity index (χ2n) is 5.48. The number of nitrogens with zero attached hydrogens (tertiary/aromatic N) is 4. The molecule has 0 amide bonds. The van der Waals surface area contributed by atoms with Gasteiger partial charge < -0.3 is 11.1 Å². The third-order valence-electron chi connectivity index (χ3n) is 3.76. The van der Waals surface area contributed by atoms with Crippen LogP contribution in [-0.4, -0.2) is 25.6 Å². The van der Waals surface area contributed by atoms with Gasteiger partial charge in [-0.15, -0.1) is 0 Å². The summed E-state index contributed by atoms with van der Waals surface area (Å²) in [5, 5.41) is 7.73. The maximum atomic E-state index is 5.91. The van der Waals surface area contributed by atoms with Crippen LogP contribution < -0.4 is 11.1 Å². The summed E-state index contributed by atoms with van der Waals surface area (Å²) >= 11 is 0. The zero-order valence-electron chi connectivity index (χ0n) is 11.7. The minimum Gasteiger partial charge on any atom is -0.399 e. The molecule has 1 aliphatic carbocycles. The largest absolute Gasteiger partial charge is 0.399 e. The molecule has 2 heterocycles. The summed E-state index contributed by atoms with van der Waals surface area (Å²) in [5.74, 6) is 0.792. The van der Waals surface area contributed by atoms with Gasteiger partial charge in [0.1, 0.15) is 6.33 Å². The van der Waals surface area contributed by atoms with Crippen molar-refractivity contribution in [3.63, 3.8) is 0 Å². The Morgan fingerprint density at radius 1 is 1.29 bits per heavy atom. The second-order valence-corrected chi connectivity index (χ2v) is 5.48. The van der Waals surface area contributed by atoms with Crippen LogP contribution in [0.4, 0.5) is 11.5 Å². The highest BCUT2D eigenvalue weighted by atomic mass is 15.3. The van der Waals surface area contributed by atoms with E-state index in [1.54, 1.807) is 6.33 Å². The summed E-state index contributed by atoms with van der Waals surface area (Å²) in [6.45, 7) is 2.05. The van der Waals surface area contributed by atoms with Gasteiger partial charge in [0.05, 0.1) is 11.9 Å². The normalized spacial score (nSPS) is 14.5. The van der Waals surface area contributed by atoms with Gasteiger partial charge in [0.25, 0.3) is 0 Å². The van der Waals surface area contributed by atoms with Crippen molar-refractivity contribution in [2.75, 3.05) is 11.1 Å². The maximum Gasteiger partial charge on any atom is 0.198 e. The van der Waals surface area contributed by atoms with E-state index in [1.807, 2.05) is 35.8 Å². The number of rotatable bonds is 3. The van der Waals surface area contributed by atoms with Crippen LogP contribution in [0, 0.1) is 6.92 Å². The van der Waals surface area contributed by atoms with Gasteiger partial charge in [-0.3, -0.25) is 0 Å². The van der Waals surface area contributed by atoms with Crippen LogP contribution in [0.15, 0.2) is 30.7 Å². The Kier molecular flexibility index (Phi) is 2.57. The quantitative estimate of drug-likeness (QED) is 0.719. The van der Waals surface area contributed by atoms with E-state index in [0.717, 1.165) is 34.0 Å². The molecule has 0 radical (unpaired) electrons. The molecular formula is C15H16N6. The van der Waals surface area contributed by atoms with E-state index in [0.29, 0.717) is 6.04 Å². The van der Waals surface area contributed by atoms with Crippen LogP contribution in [0.2, 0.25) is 0 Å². The molecule has 1 fully saturated rings. The van der Waals surface area contributed by atoms with Crippen LogP contribution in [0.3, 0.4) is 0 Å². The van der Waals surface area contributed by atoms with Gasteiger partial charge in [-0.25, -0.2) is 14.5 Å². The Labute approximate surface area is 122 Å². The molecule has 6 nitrogen and oxygen atoms in total. The molecule has 0 aliphatic heterocycles. The van der Waals surface area contributed by atoms with Crippen molar-refractivity contribution >= 4 is 17.2 Å². The monoisotopic (exact) mass is 280 g/mol. The molecule has 0 unspecified atom stereocenters. The fourth-order valence-electron chi connectivity index (χ4n) is 2.44. The number of hydrogen-bond acceptors (Lipinski definition) is 5. The van der Waals surface area contributed by atoms with E-state index in [2.05, 4.69) is 20.4 Å². The minimum atomic E-state index is 0.526. The summed E-state index contributed by atoms with van der Waals surface area (Å²) < 4.78 is 1.82.